The maximum atomic E-state index is 9.67. The molecular formula is C11H9BF3K. The van der Waals surface area contributed by atoms with E-state index in [1.54, 1.807) is 0 Å². The van der Waals surface area contributed by atoms with Gasteiger partial charge >= 0.3 is 116 Å². The van der Waals surface area contributed by atoms with Crippen LogP contribution < -0.4 is 0 Å². The summed E-state index contributed by atoms with van der Waals surface area (Å²) in [5.41, 5.74) is 1.49. The Balaban J connectivity index is 0.000000280. The van der Waals surface area contributed by atoms with E-state index in [9.17, 15) is 12.9 Å². The van der Waals surface area contributed by atoms with Crippen LogP contribution in [0.2, 0.25) is 0 Å². The SMILES string of the molecule is FB(F)F.[K][CH2]c1ccc2ccccc2c1. The van der Waals surface area contributed by atoms with Gasteiger partial charge in [-0.3, -0.25) is 12.9 Å². The molecule has 0 saturated heterocycles. The zero-order chi connectivity index (χ0) is 12.0. The molecule has 0 fully saturated rings. The van der Waals surface area contributed by atoms with Crippen molar-refractivity contribution in [3.63, 3.8) is 0 Å². The first kappa shape index (κ1) is 14.3. The average Bonchev–Trinajstić information content (AvgIpc) is 2.27. The van der Waals surface area contributed by atoms with E-state index in [0.29, 0.717) is 0 Å². The van der Waals surface area contributed by atoms with E-state index >= 15 is 0 Å². The van der Waals surface area contributed by atoms with E-state index in [1.165, 1.54) is 16.9 Å². The number of hydrogen-bond donors (Lipinski definition) is 0. The van der Waals surface area contributed by atoms with E-state index in [-0.39, 0.29) is 0 Å². The Morgan fingerprint density at radius 2 is 1.50 bits per heavy atom. The summed E-state index contributed by atoms with van der Waals surface area (Å²) in [6.45, 7) is 0. The minimum absolute atomic E-state index is 0.926. The van der Waals surface area contributed by atoms with Crippen molar-refractivity contribution in [3.05, 3.63) is 48.0 Å². The van der Waals surface area contributed by atoms with Crippen LogP contribution in [0.5, 0.6) is 0 Å². The predicted molar refractivity (Wildman–Crippen MR) is 62.5 cm³/mol. The van der Waals surface area contributed by atoms with Crippen LogP contribution in [0.15, 0.2) is 42.5 Å². The molecule has 0 spiro atoms. The summed E-state index contributed by atoms with van der Waals surface area (Å²) in [4.78, 5) is 0. The van der Waals surface area contributed by atoms with Crippen LogP contribution in [0.4, 0.5) is 12.9 Å². The van der Waals surface area contributed by atoms with Gasteiger partial charge in [-0.15, -0.1) is 0 Å². The van der Waals surface area contributed by atoms with Crippen molar-refractivity contribution >= 4 is 67.3 Å². The van der Waals surface area contributed by atoms with Crippen LogP contribution in [-0.4, -0.2) is 56.5 Å². The van der Waals surface area contributed by atoms with E-state index in [0.717, 1.165) is 49.0 Å². The summed E-state index contributed by atoms with van der Waals surface area (Å²) in [5, 5.41) is 2.72. The second kappa shape index (κ2) is 7.50. The Labute approximate surface area is 127 Å². The van der Waals surface area contributed by atoms with Crippen molar-refractivity contribution < 1.29 is 12.9 Å². The molecule has 0 aliphatic carbocycles. The Hall–Kier alpha value is 0.191. The molecular weight excluding hydrogens is 239 g/mol. The molecule has 0 N–H and O–H groups in total. The van der Waals surface area contributed by atoms with E-state index in [4.69, 9.17) is 0 Å². The van der Waals surface area contributed by atoms with Crippen LogP contribution in [0, 0.1) is 0 Å². The fraction of sp³-hybridized carbons (Fsp3) is 0.0909. The third-order valence-corrected chi connectivity index (χ3v) is 3.50. The molecule has 0 radical (unpaired) electrons. The number of hydrogen-bond acceptors (Lipinski definition) is 0. The minimum atomic E-state index is -3.67. The first-order valence-electron chi connectivity index (χ1n) is 5.03. The average molecular weight is 248 g/mol. The van der Waals surface area contributed by atoms with Gasteiger partial charge in [-0.1, -0.05) is 0 Å². The van der Waals surface area contributed by atoms with Gasteiger partial charge < -0.3 is 0 Å². The van der Waals surface area contributed by atoms with Gasteiger partial charge in [0, 0.05) is 0 Å². The fourth-order valence-corrected chi connectivity index (χ4v) is 2.15. The van der Waals surface area contributed by atoms with Crippen molar-refractivity contribution in [1.82, 2.24) is 0 Å². The quantitative estimate of drug-likeness (QED) is 0.678. The van der Waals surface area contributed by atoms with Gasteiger partial charge in [0.25, 0.3) is 0 Å². The monoisotopic (exact) mass is 248 g/mol. The van der Waals surface area contributed by atoms with E-state index < -0.39 is 7.54 Å². The summed E-state index contributed by atoms with van der Waals surface area (Å²) in [6.07, 6.45) is 0. The molecule has 0 heterocycles. The molecule has 0 aromatic heterocycles. The summed E-state index contributed by atoms with van der Waals surface area (Å²) >= 11 is 0.926. The zero-order valence-electron chi connectivity index (χ0n) is 8.96. The molecule has 0 aliphatic heterocycles. The van der Waals surface area contributed by atoms with Crippen molar-refractivity contribution in [2.75, 3.05) is 0 Å². The molecule has 0 unspecified atom stereocenters. The Kier molecular flexibility index (Phi) is 6.68. The van der Waals surface area contributed by atoms with Gasteiger partial charge in [0.15, 0.2) is 0 Å². The van der Waals surface area contributed by atoms with Crippen molar-refractivity contribution in [2.45, 2.75) is 0.515 Å². The number of halogens is 3. The number of benzene rings is 2. The molecule has 0 bridgehead atoms. The Morgan fingerprint density at radius 3 is 2.06 bits per heavy atom. The Morgan fingerprint density at radius 1 is 0.938 bits per heavy atom. The molecule has 0 nitrogen and oxygen atoms in total. The van der Waals surface area contributed by atoms with Gasteiger partial charge in [-0.25, -0.2) is 0 Å². The summed E-state index contributed by atoms with van der Waals surface area (Å²) in [7, 11) is -3.67. The molecule has 2 aromatic rings. The molecule has 0 atom stereocenters. The maximum absolute atomic E-state index is 9.67. The standard InChI is InChI=1S/C11H9.BF3.K/c1-9-6-7-10-4-2-3-5-11(10)8-9;2-1(3)4;/h2-8H,1H2;;. The molecule has 2 rings (SSSR count). The molecule has 0 saturated carbocycles. The topological polar surface area (TPSA) is 0 Å². The van der Waals surface area contributed by atoms with Crippen LogP contribution in [0.3, 0.4) is 0 Å². The fourth-order valence-electron chi connectivity index (χ4n) is 1.46. The zero-order valence-corrected chi connectivity index (χ0v) is 12.1. The number of rotatable bonds is 1. The molecule has 78 valence electrons. The van der Waals surface area contributed by atoms with Gasteiger partial charge in [-0.2, -0.15) is 0 Å². The van der Waals surface area contributed by atoms with Gasteiger partial charge in [0.2, 0.25) is 0 Å². The number of fused-ring (bicyclic) bond motifs is 1. The third-order valence-electron chi connectivity index (χ3n) is 2.22. The van der Waals surface area contributed by atoms with Gasteiger partial charge in [0.1, 0.15) is 0 Å². The first-order chi connectivity index (χ1) is 7.63. The van der Waals surface area contributed by atoms with Gasteiger partial charge in [-0.05, 0) is 0 Å². The van der Waals surface area contributed by atoms with Crippen LogP contribution >= 0.6 is 0 Å². The molecule has 16 heavy (non-hydrogen) atoms. The molecule has 5 heteroatoms. The van der Waals surface area contributed by atoms with Gasteiger partial charge in [0.05, 0.1) is 0 Å². The molecule has 2 aromatic carbocycles. The first-order valence-corrected chi connectivity index (χ1v) is 7.24. The predicted octanol–water partition coefficient (Wildman–Crippen LogP) is 3.39. The van der Waals surface area contributed by atoms with Crippen molar-refractivity contribution in [1.29, 1.82) is 0 Å². The normalized spacial score (nSPS) is 9.56. The molecule has 0 amide bonds. The van der Waals surface area contributed by atoms with Crippen LogP contribution in [0.1, 0.15) is 5.56 Å². The Bertz CT molecular complexity index is 445. The molecule has 0 aliphatic rings. The summed E-state index contributed by atoms with van der Waals surface area (Å²) in [5.74, 6) is 0. The summed E-state index contributed by atoms with van der Waals surface area (Å²) in [6, 6.07) is 15.3. The third kappa shape index (κ3) is 5.01. The van der Waals surface area contributed by atoms with Crippen LogP contribution in [0.25, 0.3) is 10.8 Å². The van der Waals surface area contributed by atoms with Crippen molar-refractivity contribution in [2.24, 2.45) is 0 Å². The summed E-state index contributed by atoms with van der Waals surface area (Å²) < 4.78 is 30.3. The van der Waals surface area contributed by atoms with Crippen LogP contribution in [-0.2, 0) is 0.515 Å². The second-order valence-electron chi connectivity index (χ2n) is 3.28. The van der Waals surface area contributed by atoms with E-state index in [2.05, 4.69) is 42.5 Å². The second-order valence-corrected chi connectivity index (χ2v) is 4.39. The van der Waals surface area contributed by atoms with Crippen molar-refractivity contribution in [3.8, 4) is 0 Å². The van der Waals surface area contributed by atoms with E-state index in [1.807, 2.05) is 0 Å².